The fourth-order valence-electron chi connectivity index (χ4n) is 1.40. The summed E-state index contributed by atoms with van der Waals surface area (Å²) >= 11 is 0. The van der Waals surface area contributed by atoms with Gasteiger partial charge in [-0.2, -0.15) is 0 Å². The Morgan fingerprint density at radius 3 is 2.69 bits per heavy atom. The van der Waals surface area contributed by atoms with E-state index in [4.69, 9.17) is 5.73 Å². The molecule has 0 aliphatic heterocycles. The van der Waals surface area contributed by atoms with Crippen molar-refractivity contribution in [1.82, 2.24) is 9.97 Å². The molecule has 1 aromatic heterocycles. The van der Waals surface area contributed by atoms with Gasteiger partial charge in [-0.15, -0.1) is 0 Å². The van der Waals surface area contributed by atoms with E-state index in [1.165, 1.54) is 0 Å². The average Bonchev–Trinajstić information content (AvgIpc) is 2.02. The van der Waals surface area contributed by atoms with Crippen molar-refractivity contribution in [3.05, 3.63) is 21.6 Å². The number of aromatic nitrogens is 2. The van der Waals surface area contributed by atoms with E-state index in [-0.39, 0.29) is 17.4 Å². The van der Waals surface area contributed by atoms with Crippen LogP contribution >= 0.6 is 0 Å². The summed E-state index contributed by atoms with van der Waals surface area (Å²) in [6, 6.07) is 0. The lowest BCUT2D eigenvalue weighted by Gasteiger charge is -2.10. The number of nitrogens with zero attached hydrogens (tertiary/aromatic N) is 1. The molecular weight excluding hydrogens is 166 g/mol. The zero-order valence-electron chi connectivity index (χ0n) is 8.22. The summed E-state index contributed by atoms with van der Waals surface area (Å²) in [5.41, 5.74) is 6.77. The number of rotatable bonds is 2. The third-order valence-corrected chi connectivity index (χ3v) is 2.27. The summed E-state index contributed by atoms with van der Waals surface area (Å²) in [7, 11) is 0. The summed E-state index contributed by atoms with van der Waals surface area (Å²) in [5, 5.41) is 0. The Kier molecular flexibility index (Phi) is 2.70. The standard InChI is InChI=1S/C9H15N3O/c1-4-5(2)7-6(3)11-9(10)12-8(7)13/h5H,4H2,1-3H3,(H3,10,11,12,13). The SMILES string of the molecule is CCC(C)c1c(C)nc(N)[nH]c1=O. The third-order valence-electron chi connectivity index (χ3n) is 2.27. The van der Waals surface area contributed by atoms with Crippen LogP contribution in [-0.4, -0.2) is 9.97 Å². The van der Waals surface area contributed by atoms with Crippen LogP contribution in [0.2, 0.25) is 0 Å². The first-order valence-electron chi connectivity index (χ1n) is 4.42. The number of aromatic amines is 1. The van der Waals surface area contributed by atoms with Crippen molar-refractivity contribution in [2.75, 3.05) is 5.73 Å². The van der Waals surface area contributed by atoms with Crippen LogP contribution in [0.5, 0.6) is 0 Å². The van der Waals surface area contributed by atoms with E-state index < -0.39 is 0 Å². The highest BCUT2D eigenvalue weighted by Crippen LogP contribution is 2.16. The van der Waals surface area contributed by atoms with Gasteiger partial charge in [0, 0.05) is 5.56 Å². The molecule has 0 aliphatic carbocycles. The Hall–Kier alpha value is -1.32. The first kappa shape index (κ1) is 9.77. The Morgan fingerprint density at radius 2 is 2.23 bits per heavy atom. The van der Waals surface area contributed by atoms with Crippen LogP contribution in [0.15, 0.2) is 4.79 Å². The summed E-state index contributed by atoms with van der Waals surface area (Å²) in [5.74, 6) is 0.423. The van der Waals surface area contributed by atoms with Crippen LogP contribution < -0.4 is 11.3 Å². The second-order valence-corrected chi connectivity index (χ2v) is 3.26. The zero-order chi connectivity index (χ0) is 10.0. The number of anilines is 1. The molecule has 0 aromatic carbocycles. The molecule has 0 amide bonds. The largest absolute Gasteiger partial charge is 0.369 e. The first-order chi connectivity index (χ1) is 6.06. The maximum atomic E-state index is 11.5. The van der Waals surface area contributed by atoms with Gasteiger partial charge < -0.3 is 5.73 Å². The van der Waals surface area contributed by atoms with Gasteiger partial charge in [0.2, 0.25) is 5.95 Å². The topological polar surface area (TPSA) is 71.8 Å². The summed E-state index contributed by atoms with van der Waals surface area (Å²) in [6.07, 6.45) is 0.926. The number of hydrogen-bond acceptors (Lipinski definition) is 3. The molecule has 13 heavy (non-hydrogen) atoms. The lowest BCUT2D eigenvalue weighted by molar-refractivity contribution is 0.708. The molecule has 0 saturated carbocycles. The van der Waals surface area contributed by atoms with Gasteiger partial charge in [-0.1, -0.05) is 13.8 Å². The van der Waals surface area contributed by atoms with E-state index in [2.05, 4.69) is 9.97 Å². The highest BCUT2D eigenvalue weighted by molar-refractivity contribution is 5.26. The van der Waals surface area contributed by atoms with Crippen LogP contribution in [0.25, 0.3) is 0 Å². The molecule has 0 saturated heterocycles. The Bertz CT molecular complexity index is 356. The second-order valence-electron chi connectivity index (χ2n) is 3.26. The molecule has 0 aliphatic rings. The molecule has 0 spiro atoms. The van der Waals surface area contributed by atoms with Crippen molar-refractivity contribution in [3.8, 4) is 0 Å². The first-order valence-corrected chi connectivity index (χ1v) is 4.42. The Labute approximate surface area is 77.2 Å². The van der Waals surface area contributed by atoms with E-state index >= 15 is 0 Å². The smallest absolute Gasteiger partial charge is 0.255 e. The normalized spacial score (nSPS) is 12.8. The zero-order valence-corrected chi connectivity index (χ0v) is 8.22. The van der Waals surface area contributed by atoms with Crippen molar-refractivity contribution < 1.29 is 0 Å². The van der Waals surface area contributed by atoms with Gasteiger partial charge in [-0.25, -0.2) is 4.98 Å². The average molecular weight is 181 g/mol. The van der Waals surface area contributed by atoms with Crippen molar-refractivity contribution in [1.29, 1.82) is 0 Å². The number of nitrogen functional groups attached to an aromatic ring is 1. The van der Waals surface area contributed by atoms with Gasteiger partial charge in [0.05, 0.1) is 5.69 Å². The molecule has 3 N–H and O–H groups in total. The van der Waals surface area contributed by atoms with Gasteiger partial charge in [0.1, 0.15) is 0 Å². The minimum atomic E-state index is -0.112. The summed E-state index contributed by atoms with van der Waals surface area (Å²) < 4.78 is 0. The molecule has 1 atom stereocenters. The molecule has 72 valence electrons. The van der Waals surface area contributed by atoms with E-state index in [0.717, 1.165) is 17.7 Å². The molecule has 0 bridgehead atoms. The summed E-state index contributed by atoms with van der Waals surface area (Å²) in [6.45, 7) is 5.86. The Balaban J connectivity index is 3.29. The van der Waals surface area contributed by atoms with Crippen molar-refractivity contribution in [3.63, 3.8) is 0 Å². The number of H-pyrrole nitrogens is 1. The maximum absolute atomic E-state index is 11.5. The number of nitrogens with two attached hydrogens (primary N) is 1. The molecule has 1 rings (SSSR count). The van der Waals surface area contributed by atoms with Crippen molar-refractivity contribution >= 4 is 5.95 Å². The second kappa shape index (κ2) is 3.60. The lowest BCUT2D eigenvalue weighted by Crippen LogP contribution is -2.20. The van der Waals surface area contributed by atoms with Gasteiger partial charge in [-0.3, -0.25) is 9.78 Å². The van der Waals surface area contributed by atoms with Gasteiger partial charge >= 0.3 is 0 Å². The predicted molar refractivity (Wildman–Crippen MR) is 52.7 cm³/mol. The lowest BCUT2D eigenvalue weighted by atomic mass is 9.99. The molecule has 4 heteroatoms. The van der Waals surface area contributed by atoms with Gasteiger partial charge in [0.25, 0.3) is 5.56 Å². The van der Waals surface area contributed by atoms with E-state index in [9.17, 15) is 4.79 Å². The minimum Gasteiger partial charge on any atom is -0.369 e. The molecular formula is C9H15N3O. The third kappa shape index (κ3) is 1.88. The van der Waals surface area contributed by atoms with Crippen LogP contribution in [-0.2, 0) is 0 Å². The predicted octanol–water partition coefficient (Wildman–Crippen LogP) is 1.17. The van der Waals surface area contributed by atoms with Crippen LogP contribution in [0, 0.1) is 6.92 Å². The van der Waals surface area contributed by atoms with Crippen LogP contribution in [0.4, 0.5) is 5.95 Å². The highest BCUT2D eigenvalue weighted by atomic mass is 16.1. The van der Waals surface area contributed by atoms with Crippen molar-refractivity contribution in [2.24, 2.45) is 0 Å². The molecule has 1 unspecified atom stereocenters. The van der Waals surface area contributed by atoms with Crippen LogP contribution in [0.1, 0.15) is 37.4 Å². The van der Waals surface area contributed by atoms with Gasteiger partial charge in [0.15, 0.2) is 0 Å². The maximum Gasteiger partial charge on any atom is 0.255 e. The molecule has 0 fully saturated rings. The molecule has 1 aromatic rings. The Morgan fingerprint density at radius 1 is 1.62 bits per heavy atom. The summed E-state index contributed by atoms with van der Waals surface area (Å²) in [4.78, 5) is 18.0. The fraction of sp³-hybridized carbons (Fsp3) is 0.556. The quantitative estimate of drug-likeness (QED) is 0.719. The number of hydrogen-bond donors (Lipinski definition) is 2. The molecule has 0 radical (unpaired) electrons. The van der Waals surface area contributed by atoms with E-state index in [1.54, 1.807) is 0 Å². The monoisotopic (exact) mass is 181 g/mol. The number of nitrogens with one attached hydrogen (secondary N) is 1. The minimum absolute atomic E-state index is 0.112. The highest BCUT2D eigenvalue weighted by Gasteiger charge is 2.12. The van der Waals surface area contributed by atoms with E-state index in [0.29, 0.717) is 0 Å². The van der Waals surface area contributed by atoms with Crippen molar-refractivity contribution in [2.45, 2.75) is 33.1 Å². The van der Waals surface area contributed by atoms with E-state index in [1.807, 2.05) is 20.8 Å². The number of aryl methyl sites for hydroxylation is 1. The molecule has 4 nitrogen and oxygen atoms in total. The molecule has 1 heterocycles. The fourth-order valence-corrected chi connectivity index (χ4v) is 1.40. The van der Waals surface area contributed by atoms with Crippen LogP contribution in [0.3, 0.4) is 0 Å². The van der Waals surface area contributed by atoms with Gasteiger partial charge in [-0.05, 0) is 19.3 Å².